The Kier molecular flexibility index (Phi) is 6.28. The Bertz CT molecular complexity index is 1190. The molecule has 2 amide bonds. The van der Waals surface area contributed by atoms with Crippen LogP contribution < -0.4 is 19.9 Å². The fourth-order valence-corrected chi connectivity index (χ4v) is 3.77. The van der Waals surface area contributed by atoms with Crippen LogP contribution in [-0.4, -0.2) is 18.9 Å². The van der Waals surface area contributed by atoms with Crippen molar-refractivity contribution >= 4 is 39.5 Å². The number of carbonyl (C=O) groups is 2. The van der Waals surface area contributed by atoms with Crippen LogP contribution >= 0.6 is 15.9 Å². The number of ether oxygens (including phenoxy) is 2. The lowest BCUT2D eigenvalue weighted by molar-refractivity contribution is -0.117. The van der Waals surface area contributed by atoms with Crippen LogP contribution in [0.2, 0.25) is 0 Å². The van der Waals surface area contributed by atoms with Crippen molar-refractivity contribution in [2.75, 3.05) is 12.1 Å². The van der Waals surface area contributed by atoms with Crippen LogP contribution in [-0.2, 0) is 16.2 Å². The van der Waals surface area contributed by atoms with Crippen LogP contribution in [0.15, 0.2) is 76.8 Å². The quantitative estimate of drug-likeness (QED) is 0.396. The third-order valence-electron chi connectivity index (χ3n) is 4.98. The Morgan fingerprint density at radius 1 is 1.03 bits per heavy atom. The summed E-state index contributed by atoms with van der Waals surface area (Å²) in [5, 5.41) is 1.23. The molecule has 1 aliphatic heterocycles. The van der Waals surface area contributed by atoms with E-state index in [4.69, 9.17) is 9.47 Å². The number of para-hydroxylation sites is 1. The second-order valence-corrected chi connectivity index (χ2v) is 8.19. The Labute approximate surface area is 194 Å². The third kappa shape index (κ3) is 4.53. The Morgan fingerprint density at radius 3 is 2.44 bits per heavy atom. The number of anilines is 1. The standard InChI is InChI=1S/C25H21BrN2O4/c1-16-8-10-17(11-9-16)15-32-23-18(12-19(26)14-22(23)31-2)13-21-24(29)27-28(25(21)30)20-6-4-3-5-7-20/h3-14H,15H2,1-2H3,(H,27,29). The molecule has 0 atom stereocenters. The van der Waals surface area contributed by atoms with E-state index in [1.54, 1.807) is 43.5 Å². The average molecular weight is 493 g/mol. The summed E-state index contributed by atoms with van der Waals surface area (Å²) in [4.78, 5) is 25.6. The SMILES string of the molecule is COc1cc(Br)cc(C=C2C(=O)NN(c3ccccc3)C2=O)c1OCc1ccc(C)cc1. The molecular weight excluding hydrogens is 472 g/mol. The largest absolute Gasteiger partial charge is 0.493 e. The van der Waals surface area contributed by atoms with E-state index in [9.17, 15) is 9.59 Å². The van der Waals surface area contributed by atoms with Crippen molar-refractivity contribution in [2.45, 2.75) is 13.5 Å². The zero-order valence-electron chi connectivity index (χ0n) is 17.6. The van der Waals surface area contributed by atoms with E-state index < -0.39 is 11.8 Å². The minimum absolute atomic E-state index is 0.00851. The second-order valence-electron chi connectivity index (χ2n) is 7.28. The molecule has 0 spiro atoms. The highest BCUT2D eigenvalue weighted by atomic mass is 79.9. The molecule has 0 aliphatic carbocycles. The van der Waals surface area contributed by atoms with Gasteiger partial charge < -0.3 is 9.47 Å². The molecule has 0 radical (unpaired) electrons. The van der Waals surface area contributed by atoms with Gasteiger partial charge in [0.05, 0.1) is 12.8 Å². The Hall–Kier alpha value is -3.58. The molecule has 1 fully saturated rings. The highest BCUT2D eigenvalue weighted by Crippen LogP contribution is 2.37. The van der Waals surface area contributed by atoms with E-state index in [0.717, 1.165) is 15.6 Å². The lowest BCUT2D eigenvalue weighted by Crippen LogP contribution is -2.35. The fraction of sp³-hybridized carbons (Fsp3) is 0.120. The first kappa shape index (κ1) is 21.6. The first-order chi connectivity index (χ1) is 15.5. The first-order valence-corrected chi connectivity index (χ1v) is 10.7. The van der Waals surface area contributed by atoms with E-state index in [2.05, 4.69) is 21.4 Å². The van der Waals surface area contributed by atoms with Crippen molar-refractivity contribution in [2.24, 2.45) is 0 Å². The van der Waals surface area contributed by atoms with Crippen LogP contribution in [0, 0.1) is 6.92 Å². The van der Waals surface area contributed by atoms with E-state index in [1.165, 1.54) is 11.1 Å². The summed E-state index contributed by atoms with van der Waals surface area (Å²) < 4.78 is 12.3. The second kappa shape index (κ2) is 9.28. The number of benzene rings is 3. The number of rotatable bonds is 6. The number of hydrazine groups is 1. The molecule has 3 aromatic carbocycles. The van der Waals surface area contributed by atoms with Gasteiger partial charge in [-0.25, -0.2) is 5.01 Å². The molecule has 162 valence electrons. The normalized spacial score (nSPS) is 14.6. The van der Waals surface area contributed by atoms with E-state index >= 15 is 0 Å². The van der Waals surface area contributed by atoms with Gasteiger partial charge in [0.1, 0.15) is 12.2 Å². The van der Waals surface area contributed by atoms with Gasteiger partial charge in [-0.05, 0) is 42.8 Å². The zero-order valence-corrected chi connectivity index (χ0v) is 19.2. The maximum absolute atomic E-state index is 13.0. The number of aryl methyl sites for hydroxylation is 1. The van der Waals surface area contributed by atoms with Gasteiger partial charge in [0.2, 0.25) is 0 Å². The first-order valence-electron chi connectivity index (χ1n) is 9.94. The van der Waals surface area contributed by atoms with Crippen molar-refractivity contribution in [1.29, 1.82) is 0 Å². The van der Waals surface area contributed by atoms with E-state index in [-0.39, 0.29) is 5.57 Å². The number of hydrogen-bond donors (Lipinski definition) is 1. The summed E-state index contributed by atoms with van der Waals surface area (Å²) in [6, 6.07) is 20.5. The van der Waals surface area contributed by atoms with Crippen molar-refractivity contribution in [3.05, 3.63) is 93.5 Å². The van der Waals surface area contributed by atoms with Crippen molar-refractivity contribution in [3.63, 3.8) is 0 Å². The molecule has 1 aliphatic rings. The minimum atomic E-state index is -0.484. The monoisotopic (exact) mass is 492 g/mol. The van der Waals surface area contributed by atoms with Crippen LogP contribution in [0.5, 0.6) is 11.5 Å². The van der Waals surface area contributed by atoms with E-state index in [0.29, 0.717) is 29.4 Å². The summed E-state index contributed by atoms with van der Waals surface area (Å²) in [7, 11) is 1.54. The van der Waals surface area contributed by atoms with Gasteiger partial charge in [0.15, 0.2) is 11.5 Å². The maximum atomic E-state index is 13.0. The lowest BCUT2D eigenvalue weighted by Gasteiger charge is -2.15. The fourth-order valence-electron chi connectivity index (χ4n) is 3.31. The third-order valence-corrected chi connectivity index (χ3v) is 5.44. The summed E-state index contributed by atoms with van der Waals surface area (Å²) >= 11 is 3.46. The molecule has 32 heavy (non-hydrogen) atoms. The van der Waals surface area contributed by atoms with Gasteiger partial charge >= 0.3 is 0 Å². The average Bonchev–Trinajstić information content (AvgIpc) is 3.08. The zero-order chi connectivity index (χ0) is 22.7. The van der Waals surface area contributed by atoms with Gasteiger partial charge in [-0.15, -0.1) is 0 Å². The van der Waals surface area contributed by atoms with Gasteiger partial charge in [-0.1, -0.05) is 64.0 Å². The molecule has 0 aromatic heterocycles. The number of halogens is 1. The molecule has 7 heteroatoms. The molecular formula is C25H21BrN2O4. The number of carbonyl (C=O) groups excluding carboxylic acids is 2. The number of amides is 2. The van der Waals surface area contributed by atoms with Gasteiger partial charge in [0.25, 0.3) is 11.8 Å². The highest BCUT2D eigenvalue weighted by Gasteiger charge is 2.34. The summed E-state index contributed by atoms with van der Waals surface area (Å²) in [5.74, 6) is 0.0125. The van der Waals surface area contributed by atoms with E-state index in [1.807, 2.05) is 37.3 Å². The topological polar surface area (TPSA) is 67.9 Å². The van der Waals surface area contributed by atoms with Gasteiger partial charge in [0, 0.05) is 10.0 Å². The molecule has 1 heterocycles. The van der Waals surface area contributed by atoms with Crippen molar-refractivity contribution in [1.82, 2.24) is 5.43 Å². The summed E-state index contributed by atoms with van der Waals surface area (Å²) in [6.45, 7) is 2.33. The van der Waals surface area contributed by atoms with Crippen LogP contribution in [0.25, 0.3) is 6.08 Å². The van der Waals surface area contributed by atoms with Crippen molar-refractivity contribution in [3.8, 4) is 11.5 Å². The highest BCUT2D eigenvalue weighted by molar-refractivity contribution is 9.10. The minimum Gasteiger partial charge on any atom is -0.493 e. The molecule has 0 bridgehead atoms. The van der Waals surface area contributed by atoms with Gasteiger partial charge in [-0.2, -0.15) is 0 Å². The summed E-state index contributed by atoms with van der Waals surface area (Å²) in [6.07, 6.45) is 1.53. The Morgan fingerprint density at radius 2 is 1.75 bits per heavy atom. The predicted octanol–water partition coefficient (Wildman–Crippen LogP) is 4.81. The van der Waals surface area contributed by atoms with Crippen LogP contribution in [0.3, 0.4) is 0 Å². The lowest BCUT2D eigenvalue weighted by atomic mass is 10.1. The van der Waals surface area contributed by atoms with Gasteiger partial charge in [-0.3, -0.25) is 15.0 Å². The Balaban J connectivity index is 1.68. The predicted molar refractivity (Wildman–Crippen MR) is 126 cm³/mol. The molecule has 1 saturated heterocycles. The molecule has 0 saturated carbocycles. The smallest absolute Gasteiger partial charge is 0.282 e. The van der Waals surface area contributed by atoms with Crippen LogP contribution in [0.1, 0.15) is 16.7 Å². The van der Waals surface area contributed by atoms with Crippen LogP contribution in [0.4, 0.5) is 5.69 Å². The number of nitrogens with one attached hydrogen (secondary N) is 1. The number of methoxy groups -OCH3 is 1. The maximum Gasteiger partial charge on any atom is 0.282 e. The van der Waals surface area contributed by atoms with Crippen molar-refractivity contribution < 1.29 is 19.1 Å². The molecule has 1 N–H and O–H groups in total. The molecule has 0 unspecified atom stereocenters. The number of nitrogens with zero attached hydrogens (tertiary/aromatic N) is 1. The molecule has 3 aromatic rings. The molecule has 6 nitrogen and oxygen atoms in total. The molecule has 4 rings (SSSR count). The number of hydrogen-bond acceptors (Lipinski definition) is 4. The summed E-state index contributed by atoms with van der Waals surface area (Å²) in [5.41, 5.74) is 5.90.